The second kappa shape index (κ2) is 5.55. The van der Waals surface area contributed by atoms with Gasteiger partial charge in [0, 0.05) is 17.6 Å². The predicted octanol–water partition coefficient (Wildman–Crippen LogP) is 2.14. The first-order valence-corrected chi connectivity index (χ1v) is 5.35. The first-order valence-electron chi connectivity index (χ1n) is 4.97. The summed E-state index contributed by atoms with van der Waals surface area (Å²) in [6.07, 6.45) is 0. The third-order valence-electron chi connectivity index (χ3n) is 2.41. The Morgan fingerprint density at radius 3 is 2.76 bits per heavy atom. The van der Waals surface area contributed by atoms with Crippen LogP contribution in [0.5, 0.6) is 5.75 Å². The van der Waals surface area contributed by atoms with Crippen LogP contribution in [0.3, 0.4) is 0 Å². The maximum absolute atomic E-state index is 11.2. The highest BCUT2D eigenvalue weighted by atomic mass is 35.5. The van der Waals surface area contributed by atoms with E-state index >= 15 is 0 Å². The minimum Gasteiger partial charge on any atom is -0.496 e. The lowest BCUT2D eigenvalue weighted by Crippen LogP contribution is -2.24. The van der Waals surface area contributed by atoms with Crippen molar-refractivity contribution in [1.29, 1.82) is 5.26 Å². The minimum absolute atomic E-state index is 0.287. The van der Waals surface area contributed by atoms with E-state index in [1.807, 2.05) is 13.0 Å². The quantitative estimate of drug-likeness (QED) is 0.775. The minimum atomic E-state index is -0.594. The van der Waals surface area contributed by atoms with Crippen molar-refractivity contribution >= 4 is 17.5 Å². The molecular formula is C12H13ClN2O2. The molecule has 0 fully saturated rings. The van der Waals surface area contributed by atoms with E-state index in [0.717, 1.165) is 11.1 Å². The van der Waals surface area contributed by atoms with Crippen LogP contribution in [0.1, 0.15) is 11.1 Å². The Bertz CT molecular complexity index is 480. The fourth-order valence-electron chi connectivity index (χ4n) is 1.42. The zero-order valence-corrected chi connectivity index (χ0v) is 10.7. The van der Waals surface area contributed by atoms with Gasteiger partial charge in [-0.05, 0) is 24.6 Å². The summed E-state index contributed by atoms with van der Waals surface area (Å²) < 4.78 is 5.22. The molecule has 1 amide bonds. The first kappa shape index (κ1) is 13.3. The Labute approximate surface area is 105 Å². The lowest BCUT2D eigenvalue weighted by Gasteiger charge is -2.16. The molecule has 0 aliphatic carbocycles. The summed E-state index contributed by atoms with van der Waals surface area (Å²) in [4.78, 5) is 12.5. The van der Waals surface area contributed by atoms with Crippen LogP contribution in [0.15, 0.2) is 12.1 Å². The Balaban J connectivity index is 3.02. The molecule has 0 unspecified atom stereocenters. The fourth-order valence-corrected chi connectivity index (χ4v) is 1.61. The van der Waals surface area contributed by atoms with E-state index < -0.39 is 5.91 Å². The van der Waals surface area contributed by atoms with Gasteiger partial charge in [-0.1, -0.05) is 11.6 Å². The van der Waals surface area contributed by atoms with Crippen molar-refractivity contribution in [2.75, 3.05) is 14.2 Å². The van der Waals surface area contributed by atoms with Gasteiger partial charge in [0.2, 0.25) is 0 Å². The van der Waals surface area contributed by atoms with Crippen molar-refractivity contribution in [3.8, 4) is 11.8 Å². The number of ether oxygens (including phenoxy) is 1. The zero-order valence-electron chi connectivity index (χ0n) is 9.95. The van der Waals surface area contributed by atoms with Crippen molar-refractivity contribution < 1.29 is 9.53 Å². The van der Waals surface area contributed by atoms with Gasteiger partial charge in [-0.15, -0.1) is 0 Å². The molecule has 0 N–H and O–H groups in total. The normalized spacial score (nSPS) is 9.59. The molecule has 90 valence electrons. The molecule has 0 radical (unpaired) electrons. The van der Waals surface area contributed by atoms with Crippen LogP contribution >= 0.6 is 11.6 Å². The van der Waals surface area contributed by atoms with Gasteiger partial charge in [0.05, 0.1) is 13.7 Å². The number of methoxy groups -OCH3 is 1. The summed E-state index contributed by atoms with van der Waals surface area (Å²) >= 11 is 6.02. The molecule has 5 heteroatoms. The first-order chi connectivity index (χ1) is 7.99. The maximum atomic E-state index is 11.2. The molecule has 0 heterocycles. The molecule has 1 aromatic rings. The molecule has 0 spiro atoms. The molecule has 0 aromatic heterocycles. The van der Waals surface area contributed by atoms with Crippen molar-refractivity contribution in [1.82, 2.24) is 4.90 Å². The number of amides is 1. The van der Waals surface area contributed by atoms with Crippen LogP contribution in [0.2, 0.25) is 5.02 Å². The second-order valence-corrected chi connectivity index (χ2v) is 4.09. The van der Waals surface area contributed by atoms with E-state index in [1.165, 1.54) is 4.90 Å². The van der Waals surface area contributed by atoms with Crippen molar-refractivity contribution in [2.24, 2.45) is 0 Å². The molecule has 0 saturated heterocycles. The molecule has 0 bridgehead atoms. The number of nitriles is 1. The van der Waals surface area contributed by atoms with Crippen LogP contribution in [0, 0.1) is 18.3 Å². The molecule has 1 rings (SSSR count). The van der Waals surface area contributed by atoms with Gasteiger partial charge in [0.25, 0.3) is 0 Å². The molecule has 0 saturated carbocycles. The molecule has 0 aliphatic rings. The Hall–Kier alpha value is -1.73. The smallest absolute Gasteiger partial charge is 0.325 e. The summed E-state index contributed by atoms with van der Waals surface area (Å²) in [5.41, 5.74) is 1.68. The predicted molar refractivity (Wildman–Crippen MR) is 64.8 cm³/mol. The molecule has 4 nitrogen and oxygen atoms in total. The maximum Gasteiger partial charge on any atom is 0.325 e. The standard InChI is InChI=1S/C12H13ClN2O2/c1-8-4-11(17-3)9(5-10(8)13)7-15(2)12(16)6-14/h4-5H,7H2,1-3H3. The molecule has 0 aliphatic heterocycles. The number of nitrogens with zero attached hydrogens (tertiary/aromatic N) is 2. The number of carbonyl (C=O) groups excluding carboxylic acids is 1. The highest BCUT2D eigenvalue weighted by molar-refractivity contribution is 6.31. The third-order valence-corrected chi connectivity index (χ3v) is 2.82. The summed E-state index contributed by atoms with van der Waals surface area (Å²) in [5, 5.41) is 9.12. The second-order valence-electron chi connectivity index (χ2n) is 3.69. The number of aryl methyl sites for hydroxylation is 1. The summed E-state index contributed by atoms with van der Waals surface area (Å²) in [5.74, 6) is 0.0632. The lowest BCUT2D eigenvalue weighted by molar-refractivity contribution is -0.124. The number of hydrogen-bond acceptors (Lipinski definition) is 3. The van der Waals surface area contributed by atoms with E-state index in [9.17, 15) is 4.79 Å². The van der Waals surface area contributed by atoms with Gasteiger partial charge < -0.3 is 9.64 Å². The summed E-state index contributed by atoms with van der Waals surface area (Å²) in [6.45, 7) is 2.16. The van der Waals surface area contributed by atoms with Crippen LogP contribution in [-0.4, -0.2) is 25.0 Å². The summed E-state index contributed by atoms with van der Waals surface area (Å²) in [6, 6.07) is 5.12. The number of hydrogen-bond donors (Lipinski definition) is 0. The third kappa shape index (κ3) is 3.11. The van der Waals surface area contributed by atoms with Crippen molar-refractivity contribution in [2.45, 2.75) is 13.5 Å². The Kier molecular flexibility index (Phi) is 4.36. The van der Waals surface area contributed by atoms with E-state index in [4.69, 9.17) is 21.6 Å². The molecule has 17 heavy (non-hydrogen) atoms. The van der Waals surface area contributed by atoms with Gasteiger partial charge in [0.15, 0.2) is 6.07 Å². The molecule has 1 aromatic carbocycles. The van der Waals surface area contributed by atoms with E-state index in [1.54, 1.807) is 26.3 Å². The largest absolute Gasteiger partial charge is 0.496 e. The average Bonchev–Trinajstić information content (AvgIpc) is 2.32. The lowest BCUT2D eigenvalue weighted by atomic mass is 10.1. The number of halogens is 1. The van der Waals surface area contributed by atoms with E-state index in [2.05, 4.69) is 0 Å². The van der Waals surface area contributed by atoms with Crippen molar-refractivity contribution in [3.63, 3.8) is 0 Å². The van der Waals surface area contributed by atoms with Crippen molar-refractivity contribution in [3.05, 3.63) is 28.3 Å². The topological polar surface area (TPSA) is 53.3 Å². The fraction of sp³-hybridized carbons (Fsp3) is 0.333. The zero-order chi connectivity index (χ0) is 13.0. The highest BCUT2D eigenvalue weighted by Crippen LogP contribution is 2.27. The van der Waals surface area contributed by atoms with Gasteiger partial charge in [-0.3, -0.25) is 4.79 Å². The average molecular weight is 253 g/mol. The molecule has 0 atom stereocenters. The van der Waals surface area contributed by atoms with Gasteiger partial charge in [-0.2, -0.15) is 5.26 Å². The number of benzene rings is 1. The van der Waals surface area contributed by atoms with Crippen LogP contribution < -0.4 is 4.74 Å². The Morgan fingerprint density at radius 2 is 2.24 bits per heavy atom. The number of carbonyl (C=O) groups is 1. The van der Waals surface area contributed by atoms with Crippen LogP contribution in [-0.2, 0) is 11.3 Å². The number of rotatable bonds is 3. The van der Waals surface area contributed by atoms with Gasteiger partial charge >= 0.3 is 5.91 Å². The van der Waals surface area contributed by atoms with E-state index in [-0.39, 0.29) is 6.54 Å². The van der Waals surface area contributed by atoms with E-state index in [0.29, 0.717) is 10.8 Å². The Morgan fingerprint density at radius 1 is 1.59 bits per heavy atom. The van der Waals surface area contributed by atoms with Gasteiger partial charge in [-0.25, -0.2) is 0 Å². The van der Waals surface area contributed by atoms with Crippen LogP contribution in [0.4, 0.5) is 0 Å². The monoisotopic (exact) mass is 252 g/mol. The summed E-state index contributed by atoms with van der Waals surface area (Å²) in [7, 11) is 3.11. The van der Waals surface area contributed by atoms with Crippen LogP contribution in [0.25, 0.3) is 0 Å². The molecular weight excluding hydrogens is 240 g/mol. The highest BCUT2D eigenvalue weighted by Gasteiger charge is 2.12. The SMILES string of the molecule is COc1cc(C)c(Cl)cc1CN(C)C(=O)C#N. The van der Waals surface area contributed by atoms with Gasteiger partial charge in [0.1, 0.15) is 5.75 Å².